The molecule has 0 aliphatic carbocycles. The molecular weight excluding hydrogens is 308 g/mol. The third kappa shape index (κ3) is 6.89. The van der Waals surface area contributed by atoms with Crippen molar-refractivity contribution in [1.82, 2.24) is 0 Å². The zero-order valence-electron chi connectivity index (χ0n) is 14.4. The first-order valence-corrected chi connectivity index (χ1v) is 8.80. The molecule has 0 spiro atoms. The third-order valence-corrected chi connectivity index (χ3v) is 4.25. The Kier molecular flexibility index (Phi) is 8.05. The minimum atomic E-state index is -0.920. The van der Waals surface area contributed by atoms with Gasteiger partial charge in [0.25, 0.3) is 0 Å². The lowest BCUT2D eigenvalue weighted by Gasteiger charge is -2.26. The lowest BCUT2D eigenvalue weighted by molar-refractivity contribution is -0.0238. The Labute approximate surface area is 143 Å². The molecule has 2 unspecified atom stereocenters. The molecule has 1 aromatic carbocycles. The lowest BCUT2D eigenvalue weighted by atomic mass is 9.97. The summed E-state index contributed by atoms with van der Waals surface area (Å²) in [5.41, 5.74) is 0.276. The molecule has 1 fully saturated rings. The summed E-state index contributed by atoms with van der Waals surface area (Å²) in [7, 11) is 0. The van der Waals surface area contributed by atoms with Gasteiger partial charge in [-0.1, -0.05) is 0 Å². The van der Waals surface area contributed by atoms with Crippen molar-refractivity contribution in [3.05, 3.63) is 29.8 Å². The summed E-state index contributed by atoms with van der Waals surface area (Å²) in [6.45, 7) is 5.28. The van der Waals surface area contributed by atoms with Gasteiger partial charge < -0.3 is 19.3 Å². The summed E-state index contributed by atoms with van der Waals surface area (Å²) < 4.78 is 16.9. The maximum atomic E-state index is 10.8. The van der Waals surface area contributed by atoms with Gasteiger partial charge in [-0.2, -0.15) is 0 Å². The van der Waals surface area contributed by atoms with Crippen LogP contribution in [0.3, 0.4) is 0 Å². The van der Waals surface area contributed by atoms with Gasteiger partial charge in [0, 0.05) is 19.8 Å². The van der Waals surface area contributed by atoms with Crippen molar-refractivity contribution in [3.8, 4) is 5.75 Å². The van der Waals surface area contributed by atoms with Gasteiger partial charge in [0.05, 0.1) is 18.3 Å². The van der Waals surface area contributed by atoms with Crippen LogP contribution < -0.4 is 4.74 Å². The van der Waals surface area contributed by atoms with Gasteiger partial charge in [-0.25, -0.2) is 4.79 Å². The Morgan fingerprint density at radius 1 is 1.21 bits per heavy atom. The monoisotopic (exact) mass is 336 g/mol. The molecule has 2 rings (SSSR count). The summed E-state index contributed by atoms with van der Waals surface area (Å²) in [6, 6.07) is 6.51. The van der Waals surface area contributed by atoms with Gasteiger partial charge >= 0.3 is 5.97 Å². The number of carbonyl (C=O) groups is 1. The molecule has 0 aromatic heterocycles. The smallest absolute Gasteiger partial charge is 0.335 e. The second-order valence-corrected chi connectivity index (χ2v) is 6.39. The SMILES string of the molecule is CC1CC(COCCCCCOc2ccc(C(=O)O)cc2)CCO1. The predicted octanol–water partition coefficient (Wildman–Crippen LogP) is 3.77. The maximum absolute atomic E-state index is 10.8. The van der Waals surface area contributed by atoms with Crippen LogP contribution in [0, 0.1) is 5.92 Å². The van der Waals surface area contributed by atoms with Crippen molar-refractivity contribution in [2.24, 2.45) is 5.92 Å². The number of rotatable bonds is 10. The molecule has 0 radical (unpaired) electrons. The Balaban J connectivity index is 1.46. The molecule has 1 aromatic rings. The van der Waals surface area contributed by atoms with Crippen molar-refractivity contribution in [2.75, 3.05) is 26.4 Å². The number of carboxylic acids is 1. The van der Waals surface area contributed by atoms with Crippen LogP contribution in [-0.2, 0) is 9.47 Å². The largest absolute Gasteiger partial charge is 0.494 e. The summed E-state index contributed by atoms with van der Waals surface area (Å²) in [6.07, 6.45) is 5.66. The Hall–Kier alpha value is -1.59. The molecule has 1 heterocycles. The highest BCUT2D eigenvalue weighted by Crippen LogP contribution is 2.20. The van der Waals surface area contributed by atoms with E-state index in [2.05, 4.69) is 6.92 Å². The van der Waals surface area contributed by atoms with E-state index >= 15 is 0 Å². The molecule has 0 amide bonds. The van der Waals surface area contributed by atoms with E-state index in [-0.39, 0.29) is 5.56 Å². The molecule has 0 bridgehead atoms. The zero-order chi connectivity index (χ0) is 17.2. The van der Waals surface area contributed by atoms with Gasteiger partial charge in [-0.15, -0.1) is 0 Å². The van der Waals surface area contributed by atoms with Crippen LogP contribution in [0.4, 0.5) is 0 Å². The number of ether oxygens (including phenoxy) is 3. The van der Waals surface area contributed by atoms with Gasteiger partial charge in [0.1, 0.15) is 5.75 Å². The molecule has 24 heavy (non-hydrogen) atoms. The molecule has 0 saturated carbocycles. The first-order chi connectivity index (χ1) is 11.6. The van der Waals surface area contributed by atoms with E-state index in [1.54, 1.807) is 24.3 Å². The Morgan fingerprint density at radius 2 is 1.96 bits per heavy atom. The summed E-state index contributed by atoms with van der Waals surface area (Å²) in [4.78, 5) is 10.8. The average molecular weight is 336 g/mol. The minimum Gasteiger partial charge on any atom is -0.494 e. The fourth-order valence-corrected chi connectivity index (χ4v) is 2.86. The molecular formula is C19H28O5. The van der Waals surface area contributed by atoms with E-state index in [0.717, 1.165) is 51.9 Å². The molecule has 5 heteroatoms. The molecule has 1 aliphatic heterocycles. The van der Waals surface area contributed by atoms with Crippen LogP contribution in [0.2, 0.25) is 0 Å². The molecule has 1 aliphatic rings. The second-order valence-electron chi connectivity index (χ2n) is 6.39. The standard InChI is InChI=1S/C19H28O5/c1-15-13-16(9-12-23-15)14-22-10-3-2-4-11-24-18-7-5-17(6-8-18)19(20)21/h5-8,15-16H,2-4,9-14H2,1H3,(H,20,21). The number of hydrogen-bond donors (Lipinski definition) is 1. The van der Waals surface area contributed by atoms with E-state index in [1.165, 1.54) is 0 Å². The van der Waals surface area contributed by atoms with E-state index in [4.69, 9.17) is 19.3 Å². The number of carboxylic acid groups (broad SMARTS) is 1. The number of aromatic carboxylic acids is 1. The second kappa shape index (κ2) is 10.3. The van der Waals surface area contributed by atoms with Crippen molar-refractivity contribution in [1.29, 1.82) is 0 Å². The quantitative estimate of drug-likeness (QED) is 0.659. The fraction of sp³-hybridized carbons (Fsp3) is 0.632. The van der Waals surface area contributed by atoms with Crippen molar-refractivity contribution in [3.63, 3.8) is 0 Å². The number of unbranched alkanes of at least 4 members (excludes halogenated alkanes) is 2. The van der Waals surface area contributed by atoms with E-state index < -0.39 is 5.97 Å². The van der Waals surface area contributed by atoms with Crippen LogP contribution in [-0.4, -0.2) is 43.6 Å². The Morgan fingerprint density at radius 3 is 2.67 bits per heavy atom. The van der Waals surface area contributed by atoms with Crippen LogP contribution in [0.1, 0.15) is 49.4 Å². The molecule has 2 atom stereocenters. The van der Waals surface area contributed by atoms with Crippen LogP contribution >= 0.6 is 0 Å². The van der Waals surface area contributed by atoms with E-state index in [1.807, 2.05) is 0 Å². The van der Waals surface area contributed by atoms with Gasteiger partial charge in [-0.3, -0.25) is 0 Å². The molecule has 1 saturated heterocycles. The third-order valence-electron chi connectivity index (χ3n) is 4.25. The topological polar surface area (TPSA) is 65.0 Å². The first kappa shape index (κ1) is 18.7. The molecule has 134 valence electrons. The summed E-state index contributed by atoms with van der Waals surface area (Å²) >= 11 is 0. The first-order valence-electron chi connectivity index (χ1n) is 8.80. The van der Waals surface area contributed by atoms with Crippen molar-refractivity contribution >= 4 is 5.97 Å². The van der Waals surface area contributed by atoms with Crippen molar-refractivity contribution in [2.45, 2.75) is 45.1 Å². The minimum absolute atomic E-state index is 0.276. The van der Waals surface area contributed by atoms with Crippen LogP contribution in [0.25, 0.3) is 0 Å². The lowest BCUT2D eigenvalue weighted by Crippen LogP contribution is -2.26. The predicted molar refractivity (Wildman–Crippen MR) is 91.7 cm³/mol. The van der Waals surface area contributed by atoms with Gasteiger partial charge in [0.2, 0.25) is 0 Å². The summed E-state index contributed by atoms with van der Waals surface area (Å²) in [5.74, 6) is 0.438. The highest BCUT2D eigenvalue weighted by Gasteiger charge is 2.19. The van der Waals surface area contributed by atoms with E-state index in [9.17, 15) is 4.79 Å². The maximum Gasteiger partial charge on any atom is 0.335 e. The number of hydrogen-bond acceptors (Lipinski definition) is 4. The fourth-order valence-electron chi connectivity index (χ4n) is 2.86. The highest BCUT2D eigenvalue weighted by molar-refractivity contribution is 5.87. The summed E-state index contributed by atoms with van der Waals surface area (Å²) in [5, 5.41) is 8.83. The highest BCUT2D eigenvalue weighted by atomic mass is 16.5. The van der Waals surface area contributed by atoms with Gasteiger partial charge in [-0.05, 0) is 69.2 Å². The molecule has 5 nitrogen and oxygen atoms in total. The Bertz CT molecular complexity index is 485. The van der Waals surface area contributed by atoms with Crippen LogP contribution in [0.15, 0.2) is 24.3 Å². The van der Waals surface area contributed by atoms with E-state index in [0.29, 0.717) is 24.4 Å². The van der Waals surface area contributed by atoms with Gasteiger partial charge in [0.15, 0.2) is 0 Å². The zero-order valence-corrected chi connectivity index (χ0v) is 14.4. The average Bonchev–Trinajstić information content (AvgIpc) is 2.57. The normalized spacial score (nSPS) is 20.7. The molecule has 1 N–H and O–H groups in total. The van der Waals surface area contributed by atoms with Crippen molar-refractivity contribution < 1.29 is 24.1 Å². The number of benzene rings is 1. The van der Waals surface area contributed by atoms with Crippen LogP contribution in [0.5, 0.6) is 5.75 Å².